The molecule has 1 atom stereocenters. The summed E-state index contributed by atoms with van der Waals surface area (Å²) in [5.74, 6) is 0.803. The number of piperidine rings is 1. The lowest BCUT2D eigenvalue weighted by atomic mass is 9.85. The first-order chi connectivity index (χ1) is 8.97. The molecule has 2 heteroatoms. The van der Waals surface area contributed by atoms with Crippen LogP contribution in [0.3, 0.4) is 0 Å². The topological polar surface area (TPSA) is 29.1 Å². The summed E-state index contributed by atoms with van der Waals surface area (Å²) in [5.41, 5.74) is 2.29. The molecule has 1 N–H and O–H groups in total. The quantitative estimate of drug-likeness (QED) is 0.841. The number of hydrogen-bond donors (Lipinski definition) is 1. The van der Waals surface area contributed by atoms with Crippen LogP contribution in [0.15, 0.2) is 24.3 Å². The molecule has 1 aromatic rings. The van der Waals surface area contributed by atoms with Crippen LogP contribution in [0.1, 0.15) is 56.0 Å². The highest BCUT2D eigenvalue weighted by Gasteiger charge is 2.18. The first-order valence-corrected chi connectivity index (χ1v) is 7.31. The minimum atomic E-state index is 0.148. The zero-order chi connectivity index (χ0) is 13.9. The Balaban J connectivity index is 1.99. The van der Waals surface area contributed by atoms with Crippen LogP contribution in [0.5, 0.6) is 0 Å². The van der Waals surface area contributed by atoms with Crippen LogP contribution in [0.2, 0.25) is 0 Å². The second kappa shape index (κ2) is 5.87. The maximum absolute atomic E-state index is 12.2. The van der Waals surface area contributed by atoms with Gasteiger partial charge in [-0.15, -0.1) is 0 Å². The number of nitrogens with one attached hydrogen (secondary N) is 1. The average molecular weight is 259 g/mol. The number of rotatable bonds is 3. The zero-order valence-electron chi connectivity index (χ0n) is 12.3. The van der Waals surface area contributed by atoms with E-state index < -0.39 is 0 Å². The van der Waals surface area contributed by atoms with Gasteiger partial charge in [0.25, 0.3) is 0 Å². The van der Waals surface area contributed by atoms with Crippen LogP contribution < -0.4 is 5.32 Å². The fourth-order valence-electron chi connectivity index (χ4n) is 2.63. The fraction of sp³-hybridized carbons (Fsp3) is 0.588. The van der Waals surface area contributed by atoms with Crippen molar-refractivity contribution in [1.29, 1.82) is 0 Å². The van der Waals surface area contributed by atoms with Gasteiger partial charge in [-0.05, 0) is 42.8 Å². The lowest BCUT2D eigenvalue weighted by Crippen LogP contribution is -2.31. The van der Waals surface area contributed by atoms with Crippen molar-refractivity contribution in [3.05, 3.63) is 35.4 Å². The highest BCUT2D eigenvalue weighted by atomic mass is 16.1. The van der Waals surface area contributed by atoms with Crippen LogP contribution in [-0.4, -0.2) is 18.9 Å². The zero-order valence-corrected chi connectivity index (χ0v) is 12.3. The number of carbonyl (C=O) groups excluding carboxylic acids is 1. The van der Waals surface area contributed by atoms with Crippen LogP contribution in [0.4, 0.5) is 0 Å². The molecule has 0 spiro atoms. The van der Waals surface area contributed by atoms with Gasteiger partial charge in [0.05, 0.1) is 0 Å². The highest BCUT2D eigenvalue weighted by molar-refractivity contribution is 5.96. The smallest absolute Gasteiger partial charge is 0.163 e. The predicted octanol–water partition coefficient (Wildman–Crippen LogP) is 3.56. The summed E-state index contributed by atoms with van der Waals surface area (Å²) in [6.45, 7) is 8.67. The summed E-state index contributed by atoms with van der Waals surface area (Å²) < 4.78 is 0. The average Bonchev–Trinajstić information content (AvgIpc) is 2.39. The SMILES string of the molecule is CC(C)(C)c1ccc(C(=O)C[C@@H]2CCCNC2)cc1. The van der Waals surface area contributed by atoms with Crippen molar-refractivity contribution < 1.29 is 4.79 Å². The van der Waals surface area contributed by atoms with Crippen molar-refractivity contribution in [2.24, 2.45) is 5.92 Å². The van der Waals surface area contributed by atoms with E-state index in [0.717, 1.165) is 18.7 Å². The second-order valence-electron chi connectivity index (χ2n) is 6.67. The second-order valence-corrected chi connectivity index (χ2v) is 6.67. The van der Waals surface area contributed by atoms with E-state index in [1.165, 1.54) is 18.4 Å². The molecule has 1 aromatic carbocycles. The molecule has 2 rings (SSSR count). The highest BCUT2D eigenvalue weighted by Crippen LogP contribution is 2.23. The Morgan fingerprint density at radius 2 is 1.95 bits per heavy atom. The lowest BCUT2D eigenvalue weighted by Gasteiger charge is -2.22. The number of ketones is 1. The molecule has 0 aliphatic carbocycles. The monoisotopic (exact) mass is 259 g/mol. The Labute approximate surface area is 116 Å². The van der Waals surface area contributed by atoms with Gasteiger partial charge in [-0.2, -0.15) is 0 Å². The summed E-state index contributed by atoms with van der Waals surface area (Å²) in [5, 5.41) is 3.37. The Kier molecular flexibility index (Phi) is 4.41. The molecular weight excluding hydrogens is 234 g/mol. The molecule has 2 nitrogen and oxygen atoms in total. The molecule has 0 bridgehead atoms. The molecule has 0 radical (unpaired) electrons. The van der Waals surface area contributed by atoms with Crippen LogP contribution in [-0.2, 0) is 5.41 Å². The molecule has 19 heavy (non-hydrogen) atoms. The van der Waals surface area contributed by atoms with E-state index in [1.54, 1.807) is 0 Å². The maximum Gasteiger partial charge on any atom is 0.163 e. The third-order valence-corrected chi connectivity index (χ3v) is 3.95. The van der Waals surface area contributed by atoms with Gasteiger partial charge in [0.1, 0.15) is 0 Å². The summed E-state index contributed by atoms with van der Waals surface area (Å²) in [6.07, 6.45) is 3.06. The molecule has 1 aliphatic heterocycles. The molecule has 0 saturated carbocycles. The van der Waals surface area contributed by atoms with Gasteiger partial charge in [-0.3, -0.25) is 4.79 Å². The predicted molar refractivity (Wildman–Crippen MR) is 79.7 cm³/mol. The summed E-state index contributed by atoms with van der Waals surface area (Å²) in [6, 6.07) is 8.15. The Hall–Kier alpha value is -1.15. The molecule has 1 saturated heterocycles. The maximum atomic E-state index is 12.2. The minimum absolute atomic E-state index is 0.148. The van der Waals surface area contributed by atoms with Crippen molar-refractivity contribution in [2.75, 3.05) is 13.1 Å². The van der Waals surface area contributed by atoms with Crippen molar-refractivity contribution in [3.8, 4) is 0 Å². The van der Waals surface area contributed by atoms with E-state index >= 15 is 0 Å². The van der Waals surface area contributed by atoms with Gasteiger partial charge in [0.2, 0.25) is 0 Å². The summed E-state index contributed by atoms with van der Waals surface area (Å²) >= 11 is 0. The van der Waals surface area contributed by atoms with Crippen LogP contribution >= 0.6 is 0 Å². The molecule has 1 heterocycles. The molecule has 0 aromatic heterocycles. The number of benzene rings is 1. The van der Waals surface area contributed by atoms with Gasteiger partial charge in [0.15, 0.2) is 5.78 Å². The third kappa shape index (κ3) is 3.90. The van der Waals surface area contributed by atoms with Gasteiger partial charge in [-0.25, -0.2) is 0 Å². The van der Waals surface area contributed by atoms with E-state index in [1.807, 2.05) is 12.1 Å². The molecule has 0 amide bonds. The third-order valence-electron chi connectivity index (χ3n) is 3.95. The van der Waals surface area contributed by atoms with Crippen molar-refractivity contribution in [2.45, 2.75) is 45.4 Å². The van der Waals surface area contributed by atoms with E-state index in [9.17, 15) is 4.79 Å². The number of Topliss-reactive ketones (excluding diaryl/α,β-unsaturated/α-hetero) is 1. The van der Waals surface area contributed by atoms with Gasteiger partial charge < -0.3 is 5.32 Å². The van der Waals surface area contributed by atoms with Gasteiger partial charge in [0, 0.05) is 12.0 Å². The molecular formula is C17H25NO. The molecule has 104 valence electrons. The van der Waals surface area contributed by atoms with E-state index in [4.69, 9.17) is 0 Å². The summed E-state index contributed by atoms with van der Waals surface area (Å²) in [4.78, 5) is 12.2. The Morgan fingerprint density at radius 1 is 1.26 bits per heavy atom. The van der Waals surface area contributed by atoms with Gasteiger partial charge >= 0.3 is 0 Å². The summed E-state index contributed by atoms with van der Waals surface area (Å²) in [7, 11) is 0. The van der Waals surface area contributed by atoms with Crippen molar-refractivity contribution in [1.82, 2.24) is 5.32 Å². The van der Waals surface area contributed by atoms with E-state index in [-0.39, 0.29) is 11.2 Å². The van der Waals surface area contributed by atoms with E-state index in [0.29, 0.717) is 12.3 Å². The normalized spacial score (nSPS) is 20.3. The van der Waals surface area contributed by atoms with E-state index in [2.05, 4.69) is 38.2 Å². The lowest BCUT2D eigenvalue weighted by molar-refractivity contribution is 0.0954. The first-order valence-electron chi connectivity index (χ1n) is 7.31. The molecule has 1 aliphatic rings. The van der Waals surface area contributed by atoms with Crippen LogP contribution in [0, 0.1) is 5.92 Å². The van der Waals surface area contributed by atoms with Crippen molar-refractivity contribution >= 4 is 5.78 Å². The van der Waals surface area contributed by atoms with Crippen molar-refractivity contribution in [3.63, 3.8) is 0 Å². The number of carbonyl (C=O) groups is 1. The fourth-order valence-corrected chi connectivity index (χ4v) is 2.63. The standard InChI is InChI=1S/C17H25NO/c1-17(2,3)15-8-6-14(7-9-15)16(19)11-13-5-4-10-18-12-13/h6-9,13,18H,4-5,10-12H2,1-3H3/t13-/m0/s1. The Morgan fingerprint density at radius 3 is 2.47 bits per heavy atom. The largest absolute Gasteiger partial charge is 0.316 e. The number of hydrogen-bond acceptors (Lipinski definition) is 2. The van der Waals surface area contributed by atoms with Gasteiger partial charge in [-0.1, -0.05) is 45.0 Å². The molecule has 0 unspecified atom stereocenters. The first kappa shape index (κ1) is 14.3. The molecule has 1 fully saturated rings. The minimum Gasteiger partial charge on any atom is -0.316 e. The van der Waals surface area contributed by atoms with Crippen LogP contribution in [0.25, 0.3) is 0 Å². The Bertz CT molecular complexity index is 422.